The maximum absolute atomic E-state index is 13.6. The minimum Gasteiger partial charge on any atom is -0.481 e. The van der Waals surface area contributed by atoms with Crippen molar-refractivity contribution >= 4 is 29.3 Å². The van der Waals surface area contributed by atoms with Crippen LogP contribution in [0.5, 0.6) is 0 Å². The van der Waals surface area contributed by atoms with Crippen molar-refractivity contribution in [3.8, 4) is 11.1 Å². The molecule has 224 valence electrons. The Morgan fingerprint density at radius 2 is 1.79 bits per heavy atom. The smallest absolute Gasteiger partial charge is 0.411 e. The van der Waals surface area contributed by atoms with E-state index in [1.165, 1.54) is 7.11 Å². The first kappa shape index (κ1) is 30.6. The van der Waals surface area contributed by atoms with Crippen LogP contribution in [0.2, 0.25) is 0 Å². The number of amides is 2. The molecule has 2 amide bonds. The first-order chi connectivity index (χ1) is 20.0. The molecule has 0 atom stereocenters. The summed E-state index contributed by atoms with van der Waals surface area (Å²) in [5.74, 6) is -1.26. The SMILES string of the molecule is COC(=O)Nc1cc(-c2cccc(CN(CCC(=O)O)C(=O)c3cc(C(C)(C)C)nn3C)c2)ccc1N1CCOCC1. The maximum atomic E-state index is 13.6. The number of carboxylic acids is 1. The van der Waals surface area contributed by atoms with Crippen LogP contribution in [0.1, 0.15) is 48.9 Å². The average Bonchev–Trinajstić information content (AvgIpc) is 3.37. The van der Waals surface area contributed by atoms with Gasteiger partial charge in [-0.1, -0.05) is 45.0 Å². The fourth-order valence-electron chi connectivity index (χ4n) is 4.81. The second-order valence-electron chi connectivity index (χ2n) is 11.3. The van der Waals surface area contributed by atoms with Crippen molar-refractivity contribution in [3.05, 3.63) is 65.5 Å². The third-order valence-electron chi connectivity index (χ3n) is 7.15. The quantitative estimate of drug-likeness (QED) is 0.380. The van der Waals surface area contributed by atoms with Crippen LogP contribution in [-0.2, 0) is 33.3 Å². The molecule has 11 heteroatoms. The van der Waals surface area contributed by atoms with E-state index in [0.29, 0.717) is 37.7 Å². The fourth-order valence-corrected chi connectivity index (χ4v) is 4.81. The van der Waals surface area contributed by atoms with Gasteiger partial charge in [0.05, 0.1) is 43.8 Å². The van der Waals surface area contributed by atoms with E-state index in [9.17, 15) is 19.5 Å². The van der Waals surface area contributed by atoms with Crippen LogP contribution in [0, 0.1) is 0 Å². The van der Waals surface area contributed by atoms with Crippen LogP contribution in [0.25, 0.3) is 11.1 Å². The zero-order valence-electron chi connectivity index (χ0n) is 24.8. The first-order valence-corrected chi connectivity index (χ1v) is 13.9. The number of ether oxygens (including phenoxy) is 2. The van der Waals surface area contributed by atoms with Gasteiger partial charge in [0, 0.05) is 38.6 Å². The zero-order valence-corrected chi connectivity index (χ0v) is 24.8. The summed E-state index contributed by atoms with van der Waals surface area (Å²) in [7, 11) is 3.04. The van der Waals surface area contributed by atoms with E-state index in [0.717, 1.165) is 28.1 Å². The summed E-state index contributed by atoms with van der Waals surface area (Å²) >= 11 is 0. The Hall–Kier alpha value is -4.38. The predicted octanol–water partition coefficient (Wildman–Crippen LogP) is 4.52. The molecular weight excluding hydrogens is 538 g/mol. The number of morpholine rings is 1. The zero-order chi connectivity index (χ0) is 30.4. The number of carboxylic acid groups (broad SMARTS) is 1. The van der Waals surface area contributed by atoms with Crippen LogP contribution in [0.15, 0.2) is 48.5 Å². The Balaban J connectivity index is 1.63. The third-order valence-corrected chi connectivity index (χ3v) is 7.15. The Bertz CT molecular complexity index is 1440. The number of aliphatic carboxylic acids is 1. The van der Waals surface area contributed by atoms with E-state index in [4.69, 9.17) is 9.47 Å². The molecule has 2 heterocycles. The van der Waals surface area contributed by atoms with Gasteiger partial charge in [0.1, 0.15) is 5.69 Å². The lowest BCUT2D eigenvalue weighted by Crippen LogP contribution is -2.36. The molecule has 1 aliphatic heterocycles. The molecule has 4 rings (SSSR count). The van der Waals surface area contributed by atoms with Crippen molar-refractivity contribution in [1.82, 2.24) is 14.7 Å². The van der Waals surface area contributed by atoms with E-state index in [-0.39, 0.29) is 30.8 Å². The van der Waals surface area contributed by atoms with Gasteiger partial charge >= 0.3 is 12.1 Å². The van der Waals surface area contributed by atoms with Crippen LogP contribution in [0.3, 0.4) is 0 Å². The highest BCUT2D eigenvalue weighted by Gasteiger charge is 2.25. The van der Waals surface area contributed by atoms with Crippen LogP contribution in [0.4, 0.5) is 16.2 Å². The highest BCUT2D eigenvalue weighted by molar-refractivity contribution is 5.93. The molecule has 11 nitrogen and oxygen atoms in total. The number of carbonyl (C=O) groups excluding carboxylic acids is 2. The lowest BCUT2D eigenvalue weighted by Gasteiger charge is -2.30. The summed E-state index contributed by atoms with van der Waals surface area (Å²) in [4.78, 5) is 40.9. The van der Waals surface area contributed by atoms with E-state index >= 15 is 0 Å². The van der Waals surface area contributed by atoms with E-state index in [1.807, 2.05) is 63.2 Å². The van der Waals surface area contributed by atoms with Gasteiger partial charge < -0.3 is 24.4 Å². The van der Waals surface area contributed by atoms with Crippen molar-refractivity contribution in [1.29, 1.82) is 0 Å². The molecule has 42 heavy (non-hydrogen) atoms. The van der Waals surface area contributed by atoms with Gasteiger partial charge in [0.25, 0.3) is 5.91 Å². The Morgan fingerprint density at radius 1 is 1.07 bits per heavy atom. The summed E-state index contributed by atoms with van der Waals surface area (Å²) < 4.78 is 11.9. The number of nitrogens with one attached hydrogen (secondary N) is 1. The van der Waals surface area contributed by atoms with Gasteiger partial charge in [0.15, 0.2) is 0 Å². The number of hydrogen-bond donors (Lipinski definition) is 2. The average molecular weight is 578 g/mol. The van der Waals surface area contributed by atoms with Crippen molar-refractivity contribution in [3.63, 3.8) is 0 Å². The van der Waals surface area contributed by atoms with Crippen LogP contribution in [-0.4, -0.2) is 77.7 Å². The van der Waals surface area contributed by atoms with Crippen molar-refractivity contribution in [2.24, 2.45) is 7.05 Å². The topological polar surface area (TPSA) is 126 Å². The van der Waals surface area contributed by atoms with Gasteiger partial charge in [-0.05, 0) is 41.0 Å². The predicted molar refractivity (Wildman–Crippen MR) is 160 cm³/mol. The Morgan fingerprint density at radius 3 is 2.43 bits per heavy atom. The molecule has 0 aliphatic carbocycles. The number of hydrogen-bond acceptors (Lipinski definition) is 7. The normalized spacial score (nSPS) is 13.5. The van der Waals surface area contributed by atoms with Gasteiger partial charge in [-0.25, -0.2) is 4.79 Å². The van der Waals surface area contributed by atoms with Crippen LogP contribution >= 0.6 is 0 Å². The standard InChI is InChI=1S/C31H39N5O6/c1-31(2,3)27-19-26(34(4)33-27)29(39)36(12-11-28(37)38)20-21-7-6-8-22(17-21)23-9-10-25(35-13-15-42-16-14-35)24(18-23)32-30(40)41-5/h6-10,17-19H,11-16,20H2,1-5H3,(H,32,40)(H,37,38). The molecule has 0 radical (unpaired) electrons. The summed E-state index contributed by atoms with van der Waals surface area (Å²) in [6.45, 7) is 8.97. The molecule has 2 N–H and O–H groups in total. The molecular formula is C31H39N5O6. The molecule has 0 saturated carbocycles. The molecule has 1 fully saturated rings. The molecule has 0 spiro atoms. The number of carbonyl (C=O) groups is 3. The number of nitrogens with zero attached hydrogens (tertiary/aromatic N) is 4. The van der Waals surface area contributed by atoms with E-state index in [2.05, 4.69) is 15.3 Å². The largest absolute Gasteiger partial charge is 0.481 e. The number of benzene rings is 2. The summed E-state index contributed by atoms with van der Waals surface area (Å²) in [5, 5.41) is 16.7. The molecule has 1 saturated heterocycles. The molecule has 0 unspecified atom stereocenters. The van der Waals surface area contributed by atoms with Gasteiger partial charge in [-0.3, -0.25) is 19.6 Å². The lowest BCUT2D eigenvalue weighted by atomic mass is 9.92. The second-order valence-corrected chi connectivity index (χ2v) is 11.3. The Labute approximate surface area is 246 Å². The molecule has 1 aliphatic rings. The van der Waals surface area contributed by atoms with E-state index < -0.39 is 12.1 Å². The third kappa shape index (κ3) is 7.47. The summed E-state index contributed by atoms with van der Waals surface area (Å²) in [6.07, 6.45) is -0.742. The summed E-state index contributed by atoms with van der Waals surface area (Å²) in [5.41, 5.74) is 5.03. The second kappa shape index (κ2) is 13.1. The van der Waals surface area contributed by atoms with Crippen molar-refractivity contribution < 1.29 is 29.0 Å². The summed E-state index contributed by atoms with van der Waals surface area (Å²) in [6, 6.07) is 15.4. The minimum absolute atomic E-state index is 0.0515. The highest BCUT2D eigenvalue weighted by Crippen LogP contribution is 2.33. The number of methoxy groups -OCH3 is 1. The number of aryl methyl sites for hydroxylation is 1. The molecule has 3 aromatic rings. The van der Waals surface area contributed by atoms with Crippen molar-refractivity contribution in [2.75, 3.05) is 50.2 Å². The van der Waals surface area contributed by atoms with Gasteiger partial charge in [-0.15, -0.1) is 0 Å². The Kier molecular flexibility index (Phi) is 9.52. The monoisotopic (exact) mass is 577 g/mol. The molecule has 1 aromatic heterocycles. The first-order valence-electron chi connectivity index (χ1n) is 13.9. The molecule has 2 aromatic carbocycles. The molecule has 0 bridgehead atoms. The van der Waals surface area contributed by atoms with E-state index in [1.54, 1.807) is 22.7 Å². The van der Waals surface area contributed by atoms with Crippen molar-refractivity contribution in [2.45, 2.75) is 39.2 Å². The minimum atomic E-state index is -0.979. The lowest BCUT2D eigenvalue weighted by molar-refractivity contribution is -0.137. The number of aromatic nitrogens is 2. The number of rotatable bonds is 9. The maximum Gasteiger partial charge on any atom is 0.411 e. The van der Waals surface area contributed by atoms with Gasteiger partial charge in [0.2, 0.25) is 0 Å². The highest BCUT2D eigenvalue weighted by atomic mass is 16.5. The fraction of sp³-hybridized carbons (Fsp3) is 0.419. The van der Waals surface area contributed by atoms with Crippen LogP contribution < -0.4 is 10.2 Å². The van der Waals surface area contributed by atoms with Gasteiger partial charge in [-0.2, -0.15) is 5.10 Å². The number of anilines is 2.